The third kappa shape index (κ3) is 3.94. The maximum atomic E-state index is 13.0. The van der Waals surface area contributed by atoms with Gasteiger partial charge in [0.05, 0.1) is 11.5 Å². The number of sulfonamides is 1. The SMILES string of the molecule is CCOc1cc(N2CCN(S(=O)(=O)c3ccc(F)cc3)CC2)nc(C)n1. The molecule has 2 heterocycles. The second-order valence-electron chi connectivity index (χ2n) is 5.89. The van der Waals surface area contributed by atoms with E-state index in [0.717, 1.165) is 18.0 Å². The number of aromatic nitrogens is 2. The van der Waals surface area contributed by atoms with Crippen LogP contribution in [0.5, 0.6) is 5.88 Å². The normalized spacial score (nSPS) is 15.9. The number of piperazine rings is 1. The molecular formula is C17H21FN4O3S. The lowest BCUT2D eigenvalue weighted by Gasteiger charge is -2.34. The van der Waals surface area contributed by atoms with Gasteiger partial charge in [0.1, 0.15) is 17.5 Å². The van der Waals surface area contributed by atoms with Crippen LogP contribution in [0, 0.1) is 12.7 Å². The summed E-state index contributed by atoms with van der Waals surface area (Å²) >= 11 is 0. The van der Waals surface area contributed by atoms with E-state index >= 15 is 0 Å². The van der Waals surface area contributed by atoms with Crippen LogP contribution in [0.4, 0.5) is 10.2 Å². The van der Waals surface area contributed by atoms with Crippen LogP contribution >= 0.6 is 0 Å². The van der Waals surface area contributed by atoms with Crippen LogP contribution in [-0.2, 0) is 10.0 Å². The summed E-state index contributed by atoms with van der Waals surface area (Å²) in [6, 6.07) is 6.66. The molecule has 1 aliphatic rings. The van der Waals surface area contributed by atoms with Gasteiger partial charge in [0.25, 0.3) is 0 Å². The minimum atomic E-state index is -3.63. The van der Waals surface area contributed by atoms with Crippen LogP contribution in [0.15, 0.2) is 35.2 Å². The van der Waals surface area contributed by atoms with E-state index in [2.05, 4.69) is 9.97 Å². The number of aryl methyl sites for hydroxylation is 1. The Morgan fingerprint density at radius 2 is 1.77 bits per heavy atom. The molecule has 0 amide bonds. The second kappa shape index (κ2) is 7.55. The molecule has 140 valence electrons. The van der Waals surface area contributed by atoms with E-state index in [9.17, 15) is 12.8 Å². The summed E-state index contributed by atoms with van der Waals surface area (Å²) in [4.78, 5) is 10.8. The minimum Gasteiger partial charge on any atom is -0.478 e. The van der Waals surface area contributed by atoms with Crippen molar-refractivity contribution in [2.24, 2.45) is 0 Å². The molecule has 0 spiro atoms. The highest BCUT2D eigenvalue weighted by Gasteiger charge is 2.29. The lowest BCUT2D eigenvalue weighted by atomic mass is 10.3. The highest BCUT2D eigenvalue weighted by Crippen LogP contribution is 2.22. The molecule has 0 N–H and O–H groups in total. The monoisotopic (exact) mass is 380 g/mol. The molecule has 0 unspecified atom stereocenters. The predicted molar refractivity (Wildman–Crippen MR) is 95.3 cm³/mol. The Hall–Kier alpha value is -2.26. The van der Waals surface area contributed by atoms with Gasteiger partial charge in [-0.1, -0.05) is 0 Å². The van der Waals surface area contributed by atoms with E-state index in [1.807, 2.05) is 11.8 Å². The van der Waals surface area contributed by atoms with E-state index < -0.39 is 15.8 Å². The van der Waals surface area contributed by atoms with Gasteiger partial charge in [-0.15, -0.1) is 0 Å². The fraction of sp³-hybridized carbons (Fsp3) is 0.412. The molecule has 1 aromatic heterocycles. The Kier molecular flexibility index (Phi) is 5.38. The van der Waals surface area contributed by atoms with Gasteiger partial charge in [-0.3, -0.25) is 0 Å². The molecule has 7 nitrogen and oxygen atoms in total. The van der Waals surface area contributed by atoms with Crippen molar-refractivity contribution in [3.05, 3.63) is 42.0 Å². The van der Waals surface area contributed by atoms with E-state index in [0.29, 0.717) is 44.5 Å². The summed E-state index contributed by atoms with van der Waals surface area (Å²) in [5.74, 6) is 1.38. The van der Waals surface area contributed by atoms with Crippen LogP contribution in [0.1, 0.15) is 12.7 Å². The van der Waals surface area contributed by atoms with Crippen molar-refractivity contribution in [3.8, 4) is 5.88 Å². The minimum absolute atomic E-state index is 0.101. The van der Waals surface area contributed by atoms with Crippen LogP contribution in [0.2, 0.25) is 0 Å². The van der Waals surface area contributed by atoms with Crippen molar-refractivity contribution < 1.29 is 17.5 Å². The summed E-state index contributed by atoms with van der Waals surface area (Å²) in [5.41, 5.74) is 0. The van der Waals surface area contributed by atoms with Gasteiger partial charge >= 0.3 is 0 Å². The highest BCUT2D eigenvalue weighted by molar-refractivity contribution is 7.89. The molecule has 2 aromatic rings. The summed E-state index contributed by atoms with van der Waals surface area (Å²) in [6.07, 6.45) is 0. The van der Waals surface area contributed by atoms with Crippen molar-refractivity contribution in [1.29, 1.82) is 0 Å². The van der Waals surface area contributed by atoms with Gasteiger partial charge in [-0.05, 0) is 38.1 Å². The smallest absolute Gasteiger partial charge is 0.243 e. The summed E-state index contributed by atoms with van der Waals surface area (Å²) < 4.78 is 45.2. The molecule has 1 aromatic carbocycles. The first kappa shape index (κ1) is 18.5. The van der Waals surface area contributed by atoms with Crippen LogP contribution in [0.3, 0.4) is 0 Å². The van der Waals surface area contributed by atoms with E-state index in [1.54, 1.807) is 13.0 Å². The zero-order valence-corrected chi connectivity index (χ0v) is 15.5. The highest BCUT2D eigenvalue weighted by atomic mass is 32.2. The Balaban J connectivity index is 1.72. The maximum absolute atomic E-state index is 13.0. The Bertz CT molecular complexity index is 866. The number of nitrogens with zero attached hydrogens (tertiary/aromatic N) is 4. The number of rotatable bonds is 5. The Labute approximate surface area is 152 Å². The van der Waals surface area contributed by atoms with Gasteiger partial charge < -0.3 is 9.64 Å². The molecule has 3 rings (SSSR count). The molecule has 0 bridgehead atoms. The molecular weight excluding hydrogens is 359 g/mol. The zero-order valence-electron chi connectivity index (χ0n) is 14.7. The lowest BCUT2D eigenvalue weighted by molar-refractivity contribution is 0.325. The van der Waals surface area contributed by atoms with E-state index in [4.69, 9.17) is 4.74 Å². The summed E-state index contributed by atoms with van der Waals surface area (Å²) in [5, 5.41) is 0. The third-order valence-corrected chi connectivity index (χ3v) is 6.02. The molecule has 1 fully saturated rings. The van der Waals surface area contributed by atoms with Gasteiger partial charge in [-0.25, -0.2) is 17.8 Å². The first-order valence-corrected chi connectivity index (χ1v) is 9.83. The van der Waals surface area contributed by atoms with Gasteiger partial charge in [0, 0.05) is 32.2 Å². The summed E-state index contributed by atoms with van der Waals surface area (Å²) in [6.45, 7) is 5.85. The van der Waals surface area contributed by atoms with Gasteiger partial charge in [-0.2, -0.15) is 9.29 Å². The van der Waals surface area contributed by atoms with Crippen molar-refractivity contribution >= 4 is 15.8 Å². The Morgan fingerprint density at radius 3 is 2.38 bits per heavy atom. The first-order chi connectivity index (χ1) is 12.4. The van der Waals surface area contributed by atoms with Crippen molar-refractivity contribution in [2.45, 2.75) is 18.7 Å². The number of ether oxygens (including phenoxy) is 1. The van der Waals surface area contributed by atoms with Crippen LogP contribution in [0.25, 0.3) is 0 Å². The van der Waals surface area contributed by atoms with Gasteiger partial charge in [0.15, 0.2) is 0 Å². The predicted octanol–water partition coefficient (Wildman–Crippen LogP) is 1.83. The number of hydrogen-bond acceptors (Lipinski definition) is 6. The van der Waals surface area contributed by atoms with Crippen molar-refractivity contribution in [3.63, 3.8) is 0 Å². The van der Waals surface area contributed by atoms with Crippen molar-refractivity contribution in [1.82, 2.24) is 14.3 Å². The van der Waals surface area contributed by atoms with Crippen LogP contribution in [-0.4, -0.2) is 55.5 Å². The molecule has 1 aliphatic heterocycles. The topological polar surface area (TPSA) is 75.6 Å². The standard InChI is InChI=1S/C17H21FN4O3S/c1-3-25-17-12-16(19-13(2)20-17)21-8-10-22(11-9-21)26(23,24)15-6-4-14(18)5-7-15/h4-7,12H,3,8-11H2,1-2H3. The molecule has 0 radical (unpaired) electrons. The quantitative estimate of drug-likeness (QED) is 0.788. The average Bonchev–Trinajstić information content (AvgIpc) is 2.62. The van der Waals surface area contributed by atoms with Gasteiger partial charge in [0.2, 0.25) is 15.9 Å². The Morgan fingerprint density at radius 1 is 1.12 bits per heavy atom. The largest absolute Gasteiger partial charge is 0.478 e. The molecule has 0 atom stereocenters. The molecule has 1 saturated heterocycles. The lowest BCUT2D eigenvalue weighted by Crippen LogP contribution is -2.49. The second-order valence-corrected chi connectivity index (χ2v) is 7.83. The fourth-order valence-corrected chi connectivity index (χ4v) is 4.24. The molecule has 0 saturated carbocycles. The molecule has 26 heavy (non-hydrogen) atoms. The number of benzene rings is 1. The molecule has 0 aliphatic carbocycles. The maximum Gasteiger partial charge on any atom is 0.243 e. The number of hydrogen-bond donors (Lipinski definition) is 0. The number of halogens is 1. The van der Waals surface area contributed by atoms with Crippen LogP contribution < -0.4 is 9.64 Å². The first-order valence-electron chi connectivity index (χ1n) is 8.39. The van der Waals surface area contributed by atoms with E-state index in [1.165, 1.54) is 16.4 Å². The van der Waals surface area contributed by atoms with Crippen molar-refractivity contribution in [2.75, 3.05) is 37.7 Å². The zero-order chi connectivity index (χ0) is 18.7. The molecule has 9 heteroatoms. The number of anilines is 1. The fourth-order valence-electron chi connectivity index (χ4n) is 2.82. The summed E-state index contributed by atoms with van der Waals surface area (Å²) in [7, 11) is -3.63. The van der Waals surface area contributed by atoms with E-state index in [-0.39, 0.29) is 4.90 Å². The average molecular weight is 380 g/mol. The third-order valence-electron chi connectivity index (χ3n) is 4.11.